The number of hydrogen-bond acceptors (Lipinski definition) is 6. The molecule has 0 aliphatic carbocycles. The molecule has 0 aromatic heterocycles. The van der Waals surface area contributed by atoms with Crippen LogP contribution in [0.5, 0.6) is 0 Å². The molecular formula is C6H9N3O6. The van der Waals surface area contributed by atoms with Crippen LogP contribution in [0.15, 0.2) is 0 Å². The summed E-state index contributed by atoms with van der Waals surface area (Å²) < 4.78 is 4.56. The van der Waals surface area contributed by atoms with Crippen LogP contribution >= 0.6 is 0 Å². The zero-order valence-electron chi connectivity index (χ0n) is 7.60. The third-order valence-electron chi connectivity index (χ3n) is 1.57. The first-order valence-corrected chi connectivity index (χ1v) is 4.09. The third-order valence-corrected chi connectivity index (χ3v) is 1.57. The van der Waals surface area contributed by atoms with E-state index in [1.54, 1.807) is 0 Å². The molecule has 0 saturated carbocycles. The van der Waals surface area contributed by atoms with Crippen molar-refractivity contribution in [3.63, 3.8) is 0 Å². The third kappa shape index (κ3) is 3.67. The Balaban J connectivity index is 2.13. The Morgan fingerprint density at radius 2 is 2.53 bits per heavy atom. The van der Waals surface area contributed by atoms with Crippen LogP contribution in [0.1, 0.15) is 0 Å². The van der Waals surface area contributed by atoms with Gasteiger partial charge in [-0.1, -0.05) is 0 Å². The van der Waals surface area contributed by atoms with Crippen molar-refractivity contribution >= 4 is 12.0 Å². The molecule has 0 radical (unpaired) electrons. The van der Waals surface area contributed by atoms with E-state index in [1.165, 1.54) is 0 Å². The van der Waals surface area contributed by atoms with Crippen molar-refractivity contribution in [3.05, 3.63) is 10.1 Å². The first-order chi connectivity index (χ1) is 7.09. The highest BCUT2D eigenvalue weighted by Gasteiger charge is 2.28. The Bertz CT molecular complexity index is 280. The van der Waals surface area contributed by atoms with Crippen molar-refractivity contribution < 1.29 is 24.3 Å². The van der Waals surface area contributed by atoms with Gasteiger partial charge in [0, 0.05) is 6.54 Å². The molecule has 1 rings (SSSR count). The Morgan fingerprint density at radius 1 is 1.80 bits per heavy atom. The van der Waals surface area contributed by atoms with Crippen molar-refractivity contribution in [1.29, 1.82) is 0 Å². The van der Waals surface area contributed by atoms with E-state index in [9.17, 15) is 19.7 Å². The van der Waals surface area contributed by atoms with Gasteiger partial charge in [0.15, 0.2) is 6.10 Å². The standard InChI is InChI=1S/C6H9N3O6/c10-5(4-3-8-6(11)15-4)7-1-2-14-9(12)13/h4H,1-3H2,(H,7,10)(H,8,11)/t4-/m0/s1. The van der Waals surface area contributed by atoms with Gasteiger partial charge >= 0.3 is 6.09 Å². The number of amides is 2. The molecule has 1 aliphatic rings. The van der Waals surface area contributed by atoms with Crippen LogP contribution in [-0.4, -0.2) is 42.9 Å². The summed E-state index contributed by atoms with van der Waals surface area (Å²) in [7, 11) is 0. The molecule has 0 aromatic carbocycles. The van der Waals surface area contributed by atoms with Gasteiger partial charge in [0.25, 0.3) is 11.0 Å². The zero-order chi connectivity index (χ0) is 11.3. The van der Waals surface area contributed by atoms with E-state index in [0.717, 1.165) is 0 Å². The number of nitrogens with one attached hydrogen (secondary N) is 2. The highest BCUT2D eigenvalue weighted by Crippen LogP contribution is 1.98. The summed E-state index contributed by atoms with van der Waals surface area (Å²) in [4.78, 5) is 35.4. The van der Waals surface area contributed by atoms with Crippen molar-refractivity contribution in [3.8, 4) is 0 Å². The second-order valence-electron chi connectivity index (χ2n) is 2.62. The summed E-state index contributed by atoms with van der Waals surface area (Å²) in [5, 5.41) is 13.4. The van der Waals surface area contributed by atoms with Crippen LogP contribution in [0, 0.1) is 10.1 Å². The number of cyclic esters (lactones) is 1. The molecule has 0 bridgehead atoms. The van der Waals surface area contributed by atoms with E-state index in [4.69, 9.17) is 0 Å². The van der Waals surface area contributed by atoms with Crippen LogP contribution in [-0.2, 0) is 14.4 Å². The van der Waals surface area contributed by atoms with E-state index in [1.807, 2.05) is 0 Å². The molecular weight excluding hydrogens is 210 g/mol. The van der Waals surface area contributed by atoms with Crippen LogP contribution in [0.3, 0.4) is 0 Å². The summed E-state index contributed by atoms with van der Waals surface area (Å²) in [5.74, 6) is -0.514. The second-order valence-corrected chi connectivity index (χ2v) is 2.62. The molecule has 1 atom stereocenters. The molecule has 2 N–H and O–H groups in total. The minimum absolute atomic E-state index is 0.0200. The van der Waals surface area contributed by atoms with E-state index in [2.05, 4.69) is 20.2 Å². The first kappa shape index (κ1) is 11.0. The molecule has 0 unspecified atom stereocenters. The normalized spacial score (nSPS) is 18.9. The average Bonchev–Trinajstić information content (AvgIpc) is 2.59. The largest absolute Gasteiger partial charge is 0.434 e. The molecule has 9 heteroatoms. The Kier molecular flexibility index (Phi) is 3.66. The van der Waals surface area contributed by atoms with Crippen molar-refractivity contribution in [2.45, 2.75) is 6.10 Å². The van der Waals surface area contributed by atoms with Gasteiger partial charge in [-0.2, -0.15) is 0 Å². The van der Waals surface area contributed by atoms with Gasteiger partial charge in [-0.3, -0.25) is 4.79 Å². The second kappa shape index (κ2) is 4.98. The first-order valence-electron chi connectivity index (χ1n) is 4.09. The van der Waals surface area contributed by atoms with Gasteiger partial charge in [0.05, 0.1) is 6.54 Å². The Hall–Kier alpha value is -2.06. The molecule has 0 aromatic rings. The van der Waals surface area contributed by atoms with Crippen molar-refractivity contribution in [2.24, 2.45) is 0 Å². The maximum atomic E-state index is 11.2. The van der Waals surface area contributed by atoms with Crippen molar-refractivity contribution in [1.82, 2.24) is 10.6 Å². The minimum Gasteiger partial charge on any atom is -0.434 e. The van der Waals surface area contributed by atoms with Crippen molar-refractivity contribution in [2.75, 3.05) is 19.7 Å². The lowest BCUT2D eigenvalue weighted by molar-refractivity contribution is -0.757. The maximum absolute atomic E-state index is 11.2. The van der Waals surface area contributed by atoms with Crippen LogP contribution in [0.4, 0.5) is 4.79 Å². The molecule has 1 fully saturated rings. The summed E-state index contributed by atoms with van der Waals surface area (Å²) in [5.41, 5.74) is 0. The lowest BCUT2D eigenvalue weighted by Crippen LogP contribution is -2.38. The van der Waals surface area contributed by atoms with Crippen LogP contribution in [0.2, 0.25) is 0 Å². The summed E-state index contributed by atoms with van der Waals surface area (Å²) in [6.45, 7) is -0.165. The molecule has 1 saturated heterocycles. The Morgan fingerprint density at radius 3 is 3.07 bits per heavy atom. The smallest absolute Gasteiger partial charge is 0.408 e. The van der Waals surface area contributed by atoms with Gasteiger partial charge < -0.3 is 20.2 Å². The summed E-state index contributed by atoms with van der Waals surface area (Å²) in [6, 6.07) is 0. The number of nitrogens with zero attached hydrogens (tertiary/aromatic N) is 1. The van der Waals surface area contributed by atoms with E-state index >= 15 is 0 Å². The van der Waals surface area contributed by atoms with Gasteiger partial charge in [-0.05, 0) is 0 Å². The van der Waals surface area contributed by atoms with Crippen LogP contribution in [0.25, 0.3) is 0 Å². The summed E-state index contributed by atoms with van der Waals surface area (Å²) >= 11 is 0. The highest BCUT2D eigenvalue weighted by molar-refractivity contribution is 5.86. The number of hydrogen-bond donors (Lipinski definition) is 2. The fraction of sp³-hybridized carbons (Fsp3) is 0.667. The summed E-state index contributed by atoms with van der Waals surface area (Å²) in [6.07, 6.45) is -1.54. The van der Waals surface area contributed by atoms with Gasteiger partial charge in [-0.15, -0.1) is 10.1 Å². The van der Waals surface area contributed by atoms with E-state index in [-0.39, 0.29) is 19.7 Å². The molecule has 0 spiro atoms. The van der Waals surface area contributed by atoms with E-state index < -0.39 is 23.2 Å². The average molecular weight is 219 g/mol. The highest BCUT2D eigenvalue weighted by atomic mass is 16.9. The fourth-order valence-electron chi connectivity index (χ4n) is 0.943. The van der Waals surface area contributed by atoms with Gasteiger partial charge in [-0.25, -0.2) is 4.79 Å². The lowest BCUT2D eigenvalue weighted by atomic mass is 10.3. The number of rotatable bonds is 5. The van der Waals surface area contributed by atoms with E-state index in [0.29, 0.717) is 0 Å². The fourth-order valence-corrected chi connectivity index (χ4v) is 0.943. The molecule has 1 heterocycles. The molecule has 1 aliphatic heterocycles. The zero-order valence-corrected chi connectivity index (χ0v) is 7.60. The maximum Gasteiger partial charge on any atom is 0.408 e. The Labute approximate surface area is 83.8 Å². The number of ether oxygens (including phenoxy) is 1. The topological polar surface area (TPSA) is 120 Å². The molecule has 84 valence electrons. The predicted molar refractivity (Wildman–Crippen MR) is 44.2 cm³/mol. The number of carbonyl (C=O) groups excluding carboxylic acids is 2. The monoisotopic (exact) mass is 219 g/mol. The molecule has 15 heavy (non-hydrogen) atoms. The van der Waals surface area contributed by atoms with Crippen LogP contribution < -0.4 is 10.6 Å². The number of carbonyl (C=O) groups is 2. The molecule has 2 amide bonds. The van der Waals surface area contributed by atoms with Gasteiger partial charge in [0.1, 0.15) is 6.61 Å². The SMILES string of the molecule is O=C1NC[C@@H](C(=O)NCCO[N+](=O)[O-])O1. The predicted octanol–water partition coefficient (Wildman–Crippen LogP) is -1.58. The lowest BCUT2D eigenvalue weighted by Gasteiger charge is -2.07. The minimum atomic E-state index is -0.955. The molecule has 9 nitrogen and oxygen atoms in total. The quantitative estimate of drug-likeness (QED) is 0.327. The van der Waals surface area contributed by atoms with Gasteiger partial charge in [0.2, 0.25) is 0 Å². The number of alkyl carbamates (subject to hydrolysis) is 1.